The lowest BCUT2D eigenvalue weighted by molar-refractivity contribution is 0.0812. The summed E-state index contributed by atoms with van der Waals surface area (Å²) in [6, 6.07) is 0. The van der Waals surface area contributed by atoms with Crippen molar-refractivity contribution >= 4 is 11.8 Å². The second-order valence-corrected chi connectivity index (χ2v) is 5.29. The summed E-state index contributed by atoms with van der Waals surface area (Å²) in [6.07, 6.45) is 2.31. The molecule has 0 aromatic heterocycles. The minimum atomic E-state index is -0.507. The topological polar surface area (TPSA) is 29.5 Å². The van der Waals surface area contributed by atoms with Gasteiger partial charge in [0, 0.05) is 17.6 Å². The van der Waals surface area contributed by atoms with Gasteiger partial charge in [-0.3, -0.25) is 0 Å². The number of rotatable bonds is 4. The summed E-state index contributed by atoms with van der Waals surface area (Å²) in [5.74, 6) is 0.821. The summed E-state index contributed by atoms with van der Waals surface area (Å²) in [7, 11) is 0. The predicted octanol–water partition coefficient (Wildman–Crippen LogP) is 2.06. The van der Waals surface area contributed by atoms with Gasteiger partial charge in [-0.2, -0.15) is 11.8 Å². The van der Waals surface area contributed by atoms with Gasteiger partial charge in [-0.25, -0.2) is 0 Å². The first-order valence-corrected chi connectivity index (χ1v) is 6.05. The first-order chi connectivity index (χ1) is 6.05. The molecule has 1 aliphatic rings. The van der Waals surface area contributed by atoms with Gasteiger partial charge in [0.2, 0.25) is 0 Å². The van der Waals surface area contributed by atoms with E-state index in [0.29, 0.717) is 11.4 Å². The molecular formula is C10H20O2S. The van der Waals surface area contributed by atoms with Crippen LogP contribution in [0.5, 0.6) is 0 Å². The third kappa shape index (κ3) is 3.49. The van der Waals surface area contributed by atoms with Crippen LogP contribution in [0.2, 0.25) is 0 Å². The van der Waals surface area contributed by atoms with E-state index in [2.05, 4.69) is 6.92 Å². The average molecular weight is 204 g/mol. The normalized spacial score (nSPS) is 33.2. The van der Waals surface area contributed by atoms with Crippen molar-refractivity contribution in [3.63, 3.8) is 0 Å². The zero-order valence-corrected chi connectivity index (χ0v) is 9.56. The molecule has 1 saturated heterocycles. The van der Waals surface area contributed by atoms with Gasteiger partial charge in [-0.15, -0.1) is 0 Å². The van der Waals surface area contributed by atoms with Gasteiger partial charge < -0.3 is 9.84 Å². The minimum absolute atomic E-state index is 0.359. The molecule has 3 unspecified atom stereocenters. The fourth-order valence-corrected chi connectivity index (χ4v) is 2.71. The first kappa shape index (κ1) is 11.3. The molecule has 0 aromatic carbocycles. The lowest BCUT2D eigenvalue weighted by Gasteiger charge is -2.23. The van der Waals surface area contributed by atoms with E-state index in [1.165, 1.54) is 0 Å². The van der Waals surface area contributed by atoms with E-state index in [0.717, 1.165) is 25.2 Å². The first-order valence-electron chi connectivity index (χ1n) is 5.01. The molecule has 3 atom stereocenters. The van der Waals surface area contributed by atoms with Crippen LogP contribution in [0.3, 0.4) is 0 Å². The van der Waals surface area contributed by atoms with Crippen molar-refractivity contribution in [2.24, 2.45) is 0 Å². The van der Waals surface area contributed by atoms with Gasteiger partial charge in [-0.1, -0.05) is 6.92 Å². The standard InChI is InChI=1S/C10H20O2S/c1-4-10(3,11)7-13-9-5-6-12-8(9)2/h8-9,11H,4-7H2,1-3H3. The smallest absolute Gasteiger partial charge is 0.0707 e. The van der Waals surface area contributed by atoms with Crippen LogP contribution in [0, 0.1) is 0 Å². The molecule has 1 heterocycles. The summed E-state index contributed by atoms with van der Waals surface area (Å²) >= 11 is 1.85. The molecule has 1 N–H and O–H groups in total. The molecule has 0 aliphatic carbocycles. The van der Waals surface area contributed by atoms with E-state index >= 15 is 0 Å². The van der Waals surface area contributed by atoms with Crippen LogP contribution in [-0.4, -0.2) is 34.4 Å². The highest BCUT2D eigenvalue weighted by Crippen LogP contribution is 2.29. The van der Waals surface area contributed by atoms with Gasteiger partial charge in [0.1, 0.15) is 0 Å². The maximum absolute atomic E-state index is 9.81. The summed E-state index contributed by atoms with van der Waals surface area (Å²) in [6.45, 7) is 6.92. The molecule has 0 saturated carbocycles. The van der Waals surface area contributed by atoms with E-state index in [4.69, 9.17) is 4.74 Å². The lowest BCUT2D eigenvalue weighted by Crippen LogP contribution is -2.28. The van der Waals surface area contributed by atoms with E-state index < -0.39 is 5.60 Å². The average Bonchev–Trinajstić information content (AvgIpc) is 2.48. The quantitative estimate of drug-likeness (QED) is 0.760. The van der Waals surface area contributed by atoms with Crippen molar-refractivity contribution in [3.8, 4) is 0 Å². The van der Waals surface area contributed by atoms with Crippen LogP contribution in [0.15, 0.2) is 0 Å². The van der Waals surface area contributed by atoms with Crippen LogP contribution in [0.4, 0.5) is 0 Å². The minimum Gasteiger partial charge on any atom is -0.389 e. The Balaban J connectivity index is 2.25. The van der Waals surface area contributed by atoms with Crippen molar-refractivity contribution in [1.29, 1.82) is 0 Å². The van der Waals surface area contributed by atoms with Gasteiger partial charge in [-0.05, 0) is 26.7 Å². The molecule has 1 rings (SSSR count). The number of ether oxygens (including phenoxy) is 1. The number of hydrogen-bond donors (Lipinski definition) is 1. The van der Waals surface area contributed by atoms with Crippen LogP contribution < -0.4 is 0 Å². The molecule has 1 aliphatic heterocycles. The summed E-state index contributed by atoms with van der Waals surface area (Å²) in [5, 5.41) is 10.4. The number of thioether (sulfide) groups is 1. The summed E-state index contributed by atoms with van der Waals surface area (Å²) in [5.41, 5.74) is -0.507. The molecule has 0 radical (unpaired) electrons. The van der Waals surface area contributed by atoms with Crippen molar-refractivity contribution in [1.82, 2.24) is 0 Å². The summed E-state index contributed by atoms with van der Waals surface area (Å²) in [4.78, 5) is 0. The van der Waals surface area contributed by atoms with E-state index in [9.17, 15) is 5.11 Å². The highest BCUT2D eigenvalue weighted by molar-refractivity contribution is 8.00. The molecule has 0 spiro atoms. The Kier molecular flexibility index (Phi) is 4.07. The second kappa shape index (κ2) is 4.67. The number of aliphatic hydroxyl groups is 1. The number of hydrogen-bond acceptors (Lipinski definition) is 3. The molecule has 1 fully saturated rings. The lowest BCUT2D eigenvalue weighted by atomic mass is 10.1. The zero-order chi connectivity index (χ0) is 9.90. The Morgan fingerprint density at radius 3 is 2.77 bits per heavy atom. The molecule has 2 nitrogen and oxygen atoms in total. The second-order valence-electron chi connectivity index (χ2n) is 4.06. The Bertz CT molecular complexity index is 159. The zero-order valence-electron chi connectivity index (χ0n) is 8.75. The maximum Gasteiger partial charge on any atom is 0.0707 e. The van der Waals surface area contributed by atoms with Crippen LogP contribution >= 0.6 is 11.8 Å². The van der Waals surface area contributed by atoms with Gasteiger partial charge >= 0.3 is 0 Å². The Morgan fingerprint density at radius 1 is 1.62 bits per heavy atom. The van der Waals surface area contributed by atoms with E-state index in [-0.39, 0.29) is 0 Å². The Hall–Kier alpha value is 0.270. The van der Waals surface area contributed by atoms with Crippen molar-refractivity contribution in [2.75, 3.05) is 12.4 Å². The fourth-order valence-electron chi connectivity index (χ4n) is 1.32. The predicted molar refractivity (Wildman–Crippen MR) is 57.2 cm³/mol. The fraction of sp³-hybridized carbons (Fsp3) is 1.00. The third-order valence-corrected chi connectivity index (χ3v) is 4.51. The van der Waals surface area contributed by atoms with E-state index in [1.54, 1.807) is 0 Å². The molecule has 0 aromatic rings. The van der Waals surface area contributed by atoms with Gasteiger partial charge in [0.15, 0.2) is 0 Å². The van der Waals surface area contributed by atoms with Crippen molar-refractivity contribution < 1.29 is 9.84 Å². The van der Waals surface area contributed by atoms with Gasteiger partial charge in [0.25, 0.3) is 0 Å². The Morgan fingerprint density at radius 2 is 2.31 bits per heavy atom. The van der Waals surface area contributed by atoms with Crippen LogP contribution in [0.25, 0.3) is 0 Å². The van der Waals surface area contributed by atoms with Crippen molar-refractivity contribution in [2.45, 2.75) is 50.6 Å². The largest absolute Gasteiger partial charge is 0.389 e. The van der Waals surface area contributed by atoms with Crippen LogP contribution in [-0.2, 0) is 4.74 Å². The highest BCUT2D eigenvalue weighted by Gasteiger charge is 2.27. The monoisotopic (exact) mass is 204 g/mol. The van der Waals surface area contributed by atoms with E-state index in [1.807, 2.05) is 25.6 Å². The molecule has 0 amide bonds. The Labute approximate surface area is 85.0 Å². The summed E-state index contributed by atoms with van der Waals surface area (Å²) < 4.78 is 5.46. The maximum atomic E-state index is 9.81. The molecular weight excluding hydrogens is 184 g/mol. The molecule has 3 heteroatoms. The van der Waals surface area contributed by atoms with Crippen molar-refractivity contribution in [3.05, 3.63) is 0 Å². The van der Waals surface area contributed by atoms with Gasteiger partial charge in [0.05, 0.1) is 11.7 Å². The third-order valence-electron chi connectivity index (χ3n) is 2.68. The molecule has 78 valence electrons. The molecule has 13 heavy (non-hydrogen) atoms. The molecule has 0 bridgehead atoms. The highest BCUT2D eigenvalue weighted by atomic mass is 32.2. The SMILES string of the molecule is CCC(C)(O)CSC1CCOC1C. The van der Waals surface area contributed by atoms with Crippen LogP contribution in [0.1, 0.15) is 33.6 Å².